The normalized spacial score (nSPS) is 11.6. The molecular weight excluding hydrogens is 342 g/mol. The fraction of sp³-hybridized carbons (Fsp3) is 0.500. The zero-order valence-electron chi connectivity index (χ0n) is 16.4. The van der Waals surface area contributed by atoms with Crippen molar-refractivity contribution in [1.29, 1.82) is 0 Å². The quantitative estimate of drug-likeness (QED) is 0.400. The van der Waals surface area contributed by atoms with Crippen LogP contribution in [0.3, 0.4) is 0 Å². The molecule has 2 rings (SSSR count). The van der Waals surface area contributed by atoms with Crippen molar-refractivity contribution in [3.8, 4) is 5.69 Å². The molecule has 0 aliphatic rings. The lowest BCUT2D eigenvalue weighted by Crippen LogP contribution is -2.37. The number of para-hydroxylation sites is 1. The summed E-state index contributed by atoms with van der Waals surface area (Å²) in [7, 11) is 0. The molecule has 2 N–H and O–H groups in total. The maximum absolute atomic E-state index is 4.77. The van der Waals surface area contributed by atoms with Crippen LogP contribution < -0.4 is 10.6 Å². The van der Waals surface area contributed by atoms with Gasteiger partial charge in [-0.2, -0.15) is 16.9 Å². The standard InChI is InChI=1S/C20H31N5S/c1-5-21-20(22-12-8-9-13-26-4)23-15-18-10-6-7-11-19(18)25-17(3)14-16(2)24-25/h6-7,10-11,14H,5,8-9,12-13,15H2,1-4H3,(H2,21,22,23). The van der Waals surface area contributed by atoms with E-state index < -0.39 is 0 Å². The number of guanidine groups is 1. The SMILES string of the molecule is CCNC(=NCc1ccccc1-n1nc(C)cc1C)NCCCCSC. The van der Waals surface area contributed by atoms with Gasteiger partial charge in [-0.3, -0.25) is 0 Å². The number of aryl methyl sites for hydroxylation is 2. The molecule has 1 aromatic heterocycles. The van der Waals surface area contributed by atoms with Gasteiger partial charge in [0.25, 0.3) is 0 Å². The molecule has 0 atom stereocenters. The van der Waals surface area contributed by atoms with Crippen molar-refractivity contribution in [2.75, 3.05) is 25.1 Å². The summed E-state index contributed by atoms with van der Waals surface area (Å²) < 4.78 is 2.00. The molecule has 0 unspecified atom stereocenters. The minimum Gasteiger partial charge on any atom is -0.357 e. The number of hydrogen-bond donors (Lipinski definition) is 2. The van der Waals surface area contributed by atoms with E-state index >= 15 is 0 Å². The molecule has 5 nitrogen and oxygen atoms in total. The Balaban J connectivity index is 2.08. The molecule has 1 aromatic carbocycles. The van der Waals surface area contributed by atoms with E-state index in [1.54, 1.807) is 0 Å². The fourth-order valence-corrected chi connectivity index (χ4v) is 3.30. The minimum absolute atomic E-state index is 0.620. The molecule has 0 aliphatic heterocycles. The lowest BCUT2D eigenvalue weighted by atomic mass is 10.2. The van der Waals surface area contributed by atoms with Crippen LogP contribution in [0.1, 0.15) is 36.7 Å². The summed E-state index contributed by atoms with van der Waals surface area (Å²) in [4.78, 5) is 4.77. The number of unbranched alkanes of at least 4 members (excludes halogenated alkanes) is 1. The first-order valence-corrected chi connectivity index (χ1v) is 10.7. The van der Waals surface area contributed by atoms with Gasteiger partial charge in [-0.15, -0.1) is 0 Å². The van der Waals surface area contributed by atoms with Crippen LogP contribution in [0, 0.1) is 13.8 Å². The number of benzene rings is 1. The second kappa shape index (κ2) is 10.9. The largest absolute Gasteiger partial charge is 0.357 e. The van der Waals surface area contributed by atoms with E-state index in [1.165, 1.54) is 17.7 Å². The van der Waals surface area contributed by atoms with Gasteiger partial charge in [0, 0.05) is 18.8 Å². The van der Waals surface area contributed by atoms with Crippen LogP contribution in [0.25, 0.3) is 5.69 Å². The van der Waals surface area contributed by atoms with E-state index in [4.69, 9.17) is 4.99 Å². The molecule has 6 heteroatoms. The molecular formula is C20H31N5S. The molecule has 0 bridgehead atoms. The number of thioether (sulfide) groups is 1. The summed E-state index contributed by atoms with van der Waals surface area (Å²) in [6.45, 7) is 8.62. The van der Waals surface area contributed by atoms with E-state index in [2.05, 4.69) is 60.1 Å². The van der Waals surface area contributed by atoms with Crippen LogP contribution in [0.15, 0.2) is 35.3 Å². The van der Waals surface area contributed by atoms with Crippen molar-refractivity contribution in [2.45, 2.75) is 40.2 Å². The van der Waals surface area contributed by atoms with Gasteiger partial charge in [0.15, 0.2) is 5.96 Å². The van der Waals surface area contributed by atoms with Gasteiger partial charge in [-0.1, -0.05) is 18.2 Å². The van der Waals surface area contributed by atoms with Crippen LogP contribution in [0.2, 0.25) is 0 Å². The fourth-order valence-electron chi connectivity index (χ4n) is 2.81. The average Bonchev–Trinajstić information content (AvgIpc) is 2.97. The Kier molecular flexibility index (Phi) is 8.54. The number of aromatic nitrogens is 2. The monoisotopic (exact) mass is 373 g/mol. The number of hydrogen-bond acceptors (Lipinski definition) is 3. The molecule has 0 fully saturated rings. The molecule has 26 heavy (non-hydrogen) atoms. The highest BCUT2D eigenvalue weighted by molar-refractivity contribution is 7.98. The third kappa shape index (κ3) is 6.09. The van der Waals surface area contributed by atoms with Crippen LogP contribution in [0.5, 0.6) is 0 Å². The molecule has 0 aliphatic carbocycles. The lowest BCUT2D eigenvalue weighted by molar-refractivity contribution is 0.733. The van der Waals surface area contributed by atoms with Gasteiger partial charge in [-0.25, -0.2) is 9.67 Å². The summed E-state index contributed by atoms with van der Waals surface area (Å²) in [5.74, 6) is 2.09. The third-order valence-electron chi connectivity index (χ3n) is 4.05. The Morgan fingerprint density at radius 2 is 2.00 bits per heavy atom. The predicted molar refractivity (Wildman–Crippen MR) is 113 cm³/mol. The maximum atomic E-state index is 4.77. The van der Waals surface area contributed by atoms with Gasteiger partial charge < -0.3 is 10.6 Å². The lowest BCUT2D eigenvalue weighted by Gasteiger charge is -2.13. The van der Waals surface area contributed by atoms with E-state index in [1.807, 2.05) is 29.4 Å². The van der Waals surface area contributed by atoms with E-state index in [9.17, 15) is 0 Å². The smallest absolute Gasteiger partial charge is 0.191 e. The van der Waals surface area contributed by atoms with Crippen molar-refractivity contribution >= 4 is 17.7 Å². The van der Waals surface area contributed by atoms with Gasteiger partial charge in [0.2, 0.25) is 0 Å². The molecule has 0 amide bonds. The predicted octanol–water partition coefficient (Wildman–Crippen LogP) is 3.69. The summed E-state index contributed by atoms with van der Waals surface area (Å²) >= 11 is 1.90. The highest BCUT2D eigenvalue weighted by Crippen LogP contribution is 2.17. The number of aliphatic imine (C=N–C) groups is 1. The first kappa shape index (κ1) is 20.4. The molecule has 0 saturated heterocycles. The van der Waals surface area contributed by atoms with Crippen molar-refractivity contribution in [3.63, 3.8) is 0 Å². The first-order chi connectivity index (χ1) is 12.7. The van der Waals surface area contributed by atoms with Crippen molar-refractivity contribution in [1.82, 2.24) is 20.4 Å². The van der Waals surface area contributed by atoms with Gasteiger partial charge in [0.05, 0.1) is 17.9 Å². The Labute approximate surface area is 161 Å². The maximum Gasteiger partial charge on any atom is 0.191 e. The Hall–Kier alpha value is -1.95. The zero-order chi connectivity index (χ0) is 18.8. The summed E-state index contributed by atoms with van der Waals surface area (Å²) in [5, 5.41) is 11.4. The Bertz CT molecular complexity index is 708. The van der Waals surface area contributed by atoms with Crippen molar-refractivity contribution in [2.24, 2.45) is 4.99 Å². The highest BCUT2D eigenvalue weighted by Gasteiger charge is 2.08. The Morgan fingerprint density at radius 1 is 1.19 bits per heavy atom. The number of rotatable bonds is 9. The molecule has 0 radical (unpaired) electrons. The third-order valence-corrected chi connectivity index (χ3v) is 4.75. The van der Waals surface area contributed by atoms with Gasteiger partial charge in [-0.05, 0) is 63.3 Å². The topological polar surface area (TPSA) is 54.2 Å². The highest BCUT2D eigenvalue weighted by atomic mass is 32.2. The van der Waals surface area contributed by atoms with Crippen LogP contribution in [0.4, 0.5) is 0 Å². The molecule has 142 valence electrons. The minimum atomic E-state index is 0.620. The van der Waals surface area contributed by atoms with Crippen molar-refractivity contribution in [3.05, 3.63) is 47.3 Å². The molecule has 2 aromatic rings. The van der Waals surface area contributed by atoms with Crippen LogP contribution >= 0.6 is 11.8 Å². The van der Waals surface area contributed by atoms with Crippen LogP contribution in [-0.2, 0) is 6.54 Å². The number of nitrogens with one attached hydrogen (secondary N) is 2. The Morgan fingerprint density at radius 3 is 2.69 bits per heavy atom. The molecule has 0 spiro atoms. The van der Waals surface area contributed by atoms with E-state index in [0.29, 0.717) is 6.54 Å². The van der Waals surface area contributed by atoms with Gasteiger partial charge in [0.1, 0.15) is 0 Å². The van der Waals surface area contributed by atoms with Crippen LogP contribution in [-0.4, -0.2) is 40.8 Å². The second-order valence-corrected chi connectivity index (χ2v) is 7.28. The summed E-state index contributed by atoms with van der Waals surface area (Å²) in [5.41, 5.74) is 4.43. The molecule has 0 saturated carbocycles. The summed E-state index contributed by atoms with van der Waals surface area (Å²) in [6, 6.07) is 10.4. The van der Waals surface area contributed by atoms with Crippen molar-refractivity contribution < 1.29 is 0 Å². The van der Waals surface area contributed by atoms with Gasteiger partial charge >= 0.3 is 0 Å². The molecule has 1 heterocycles. The van der Waals surface area contributed by atoms with E-state index in [-0.39, 0.29) is 0 Å². The van der Waals surface area contributed by atoms with E-state index in [0.717, 1.165) is 42.5 Å². The second-order valence-electron chi connectivity index (χ2n) is 6.29. The number of nitrogens with zero attached hydrogens (tertiary/aromatic N) is 3. The zero-order valence-corrected chi connectivity index (χ0v) is 17.2. The average molecular weight is 374 g/mol. The first-order valence-electron chi connectivity index (χ1n) is 9.28. The summed E-state index contributed by atoms with van der Waals surface area (Å²) in [6.07, 6.45) is 4.54.